The lowest BCUT2D eigenvalue weighted by atomic mass is 10.1. The van der Waals surface area contributed by atoms with Crippen molar-refractivity contribution in [1.29, 1.82) is 5.26 Å². The minimum absolute atomic E-state index is 0.719. The van der Waals surface area contributed by atoms with E-state index in [0.717, 1.165) is 20.4 Å². The molecule has 2 rings (SSSR count). The third-order valence-corrected chi connectivity index (χ3v) is 3.63. The van der Waals surface area contributed by atoms with Crippen molar-refractivity contribution in [2.75, 3.05) is 0 Å². The molecule has 0 N–H and O–H groups in total. The molecule has 1 aromatic carbocycles. The summed E-state index contributed by atoms with van der Waals surface area (Å²) in [5, 5.41) is 16.5. The van der Waals surface area contributed by atoms with E-state index in [1.54, 1.807) is 17.3 Å². The molecule has 0 amide bonds. The first kappa shape index (κ1) is 10.1. The number of rotatable bonds is 2. The fraction of sp³-hybridized carbons (Fsp3) is 0.100. The highest BCUT2D eigenvalue weighted by Gasteiger charge is 2.03. The molecule has 0 fully saturated rings. The van der Waals surface area contributed by atoms with Gasteiger partial charge < -0.3 is 0 Å². The Balaban J connectivity index is 2.24. The average Bonchev–Trinajstić information content (AvgIpc) is 2.71. The number of nitrogens with zero attached hydrogens (tertiary/aromatic N) is 3. The summed E-state index contributed by atoms with van der Waals surface area (Å²) in [4.78, 5) is 1.09. The SMILES string of the molecule is Cc1cc(Sc2nncs2)ccc1C#N. The zero-order valence-electron chi connectivity index (χ0n) is 7.97. The smallest absolute Gasteiger partial charge is 0.178 e. The maximum atomic E-state index is 8.79. The molecule has 3 nitrogen and oxygen atoms in total. The van der Waals surface area contributed by atoms with Crippen molar-refractivity contribution in [2.45, 2.75) is 16.2 Å². The van der Waals surface area contributed by atoms with Gasteiger partial charge in [0.15, 0.2) is 4.34 Å². The quantitative estimate of drug-likeness (QED) is 0.800. The van der Waals surface area contributed by atoms with E-state index in [-0.39, 0.29) is 0 Å². The Morgan fingerprint density at radius 2 is 2.33 bits per heavy atom. The molecular formula is C10H7N3S2. The van der Waals surface area contributed by atoms with Crippen LogP contribution < -0.4 is 0 Å². The molecular weight excluding hydrogens is 226 g/mol. The van der Waals surface area contributed by atoms with Gasteiger partial charge in [0.2, 0.25) is 0 Å². The molecule has 0 atom stereocenters. The minimum Gasteiger partial charge on any atom is -0.192 e. The van der Waals surface area contributed by atoms with Crippen molar-refractivity contribution in [3.63, 3.8) is 0 Å². The highest BCUT2D eigenvalue weighted by Crippen LogP contribution is 2.29. The lowest BCUT2D eigenvalue weighted by molar-refractivity contribution is 1.01. The van der Waals surface area contributed by atoms with E-state index in [2.05, 4.69) is 16.3 Å². The minimum atomic E-state index is 0.719. The van der Waals surface area contributed by atoms with Crippen molar-refractivity contribution in [1.82, 2.24) is 10.2 Å². The third kappa shape index (κ3) is 2.35. The number of hydrogen-bond acceptors (Lipinski definition) is 5. The highest BCUT2D eigenvalue weighted by molar-refractivity contribution is 8.01. The lowest BCUT2D eigenvalue weighted by Crippen LogP contribution is -1.82. The van der Waals surface area contributed by atoms with Gasteiger partial charge in [-0.15, -0.1) is 10.2 Å². The van der Waals surface area contributed by atoms with E-state index >= 15 is 0 Å². The van der Waals surface area contributed by atoms with E-state index in [9.17, 15) is 0 Å². The van der Waals surface area contributed by atoms with Crippen LogP contribution in [0.15, 0.2) is 32.9 Å². The second kappa shape index (κ2) is 4.43. The Hall–Kier alpha value is -1.38. The Bertz CT molecular complexity index is 500. The summed E-state index contributed by atoms with van der Waals surface area (Å²) in [5.74, 6) is 0. The summed E-state index contributed by atoms with van der Waals surface area (Å²) in [6.45, 7) is 1.93. The molecule has 1 aromatic heterocycles. The Kier molecular flexibility index (Phi) is 2.99. The Morgan fingerprint density at radius 1 is 1.47 bits per heavy atom. The molecule has 0 bridgehead atoms. The highest BCUT2D eigenvalue weighted by atomic mass is 32.2. The summed E-state index contributed by atoms with van der Waals surface area (Å²) < 4.78 is 0.916. The van der Waals surface area contributed by atoms with Crippen LogP contribution in [0, 0.1) is 18.3 Å². The van der Waals surface area contributed by atoms with Gasteiger partial charge in [-0.3, -0.25) is 0 Å². The van der Waals surface area contributed by atoms with Crippen LogP contribution in [0.25, 0.3) is 0 Å². The number of aromatic nitrogens is 2. The normalized spacial score (nSPS) is 9.87. The maximum absolute atomic E-state index is 8.79. The molecule has 0 aliphatic carbocycles. The molecule has 74 valence electrons. The predicted octanol–water partition coefficient (Wildman–Crippen LogP) is 2.87. The molecule has 0 aliphatic rings. The van der Waals surface area contributed by atoms with Gasteiger partial charge in [-0.05, 0) is 30.7 Å². The van der Waals surface area contributed by atoms with E-state index in [1.165, 1.54) is 11.3 Å². The zero-order valence-corrected chi connectivity index (χ0v) is 9.60. The van der Waals surface area contributed by atoms with E-state index < -0.39 is 0 Å². The second-order valence-electron chi connectivity index (χ2n) is 2.90. The summed E-state index contributed by atoms with van der Waals surface area (Å²) >= 11 is 3.07. The summed E-state index contributed by atoms with van der Waals surface area (Å²) in [7, 11) is 0. The van der Waals surface area contributed by atoms with Crippen LogP contribution in [0.4, 0.5) is 0 Å². The van der Waals surface area contributed by atoms with Crippen LogP contribution in [-0.2, 0) is 0 Å². The molecule has 0 unspecified atom stereocenters. The first-order chi connectivity index (χ1) is 7.29. The van der Waals surface area contributed by atoms with Gasteiger partial charge in [0, 0.05) is 4.90 Å². The maximum Gasteiger partial charge on any atom is 0.178 e. The molecule has 0 radical (unpaired) electrons. The summed E-state index contributed by atoms with van der Waals surface area (Å²) in [6, 6.07) is 7.90. The standard InChI is InChI=1S/C10H7N3S2/c1-7-4-9(3-2-8(7)5-11)15-10-13-12-6-14-10/h2-4,6H,1H3. The monoisotopic (exact) mass is 233 g/mol. The predicted molar refractivity (Wildman–Crippen MR) is 59.9 cm³/mol. The van der Waals surface area contributed by atoms with Crippen molar-refractivity contribution in [3.05, 3.63) is 34.8 Å². The van der Waals surface area contributed by atoms with E-state index in [0.29, 0.717) is 0 Å². The number of benzene rings is 1. The van der Waals surface area contributed by atoms with Crippen molar-refractivity contribution in [3.8, 4) is 6.07 Å². The topological polar surface area (TPSA) is 49.6 Å². The lowest BCUT2D eigenvalue weighted by Gasteiger charge is -2.00. The van der Waals surface area contributed by atoms with Gasteiger partial charge in [0.05, 0.1) is 11.6 Å². The first-order valence-electron chi connectivity index (χ1n) is 4.24. The van der Waals surface area contributed by atoms with Gasteiger partial charge >= 0.3 is 0 Å². The summed E-state index contributed by atoms with van der Waals surface area (Å²) in [6.07, 6.45) is 0. The summed E-state index contributed by atoms with van der Waals surface area (Å²) in [5.41, 5.74) is 3.42. The molecule has 0 saturated heterocycles. The molecule has 0 saturated carbocycles. The van der Waals surface area contributed by atoms with Gasteiger partial charge in [0.25, 0.3) is 0 Å². The van der Waals surface area contributed by atoms with Crippen LogP contribution >= 0.6 is 23.1 Å². The largest absolute Gasteiger partial charge is 0.192 e. The van der Waals surface area contributed by atoms with Gasteiger partial charge in [-0.25, -0.2) is 0 Å². The Morgan fingerprint density at radius 3 is 2.93 bits per heavy atom. The van der Waals surface area contributed by atoms with E-state index in [1.807, 2.05) is 25.1 Å². The van der Waals surface area contributed by atoms with E-state index in [4.69, 9.17) is 5.26 Å². The first-order valence-corrected chi connectivity index (χ1v) is 5.94. The molecule has 0 spiro atoms. The molecule has 15 heavy (non-hydrogen) atoms. The second-order valence-corrected chi connectivity index (χ2v) is 5.05. The molecule has 0 aliphatic heterocycles. The number of nitriles is 1. The molecule has 5 heteroatoms. The van der Waals surface area contributed by atoms with Crippen molar-refractivity contribution in [2.24, 2.45) is 0 Å². The zero-order chi connectivity index (χ0) is 10.7. The van der Waals surface area contributed by atoms with Gasteiger partial charge in [-0.1, -0.05) is 23.1 Å². The number of aryl methyl sites for hydroxylation is 1. The van der Waals surface area contributed by atoms with Gasteiger partial charge in [0.1, 0.15) is 5.51 Å². The van der Waals surface area contributed by atoms with Crippen LogP contribution in [0.3, 0.4) is 0 Å². The van der Waals surface area contributed by atoms with Crippen LogP contribution in [0.2, 0.25) is 0 Å². The van der Waals surface area contributed by atoms with Crippen molar-refractivity contribution < 1.29 is 0 Å². The molecule has 2 aromatic rings. The molecule has 1 heterocycles. The van der Waals surface area contributed by atoms with Crippen molar-refractivity contribution >= 4 is 23.1 Å². The van der Waals surface area contributed by atoms with Crippen LogP contribution in [0.1, 0.15) is 11.1 Å². The average molecular weight is 233 g/mol. The Labute approximate surface area is 95.8 Å². The van der Waals surface area contributed by atoms with Crippen LogP contribution in [0.5, 0.6) is 0 Å². The van der Waals surface area contributed by atoms with Crippen LogP contribution in [-0.4, -0.2) is 10.2 Å². The fourth-order valence-electron chi connectivity index (χ4n) is 1.13. The third-order valence-electron chi connectivity index (χ3n) is 1.86. The fourth-order valence-corrected chi connectivity index (χ4v) is 2.68. The van der Waals surface area contributed by atoms with Gasteiger partial charge in [-0.2, -0.15) is 5.26 Å². The number of hydrogen-bond donors (Lipinski definition) is 0.